The highest BCUT2D eigenvalue weighted by molar-refractivity contribution is 5.82. The van der Waals surface area contributed by atoms with Crippen molar-refractivity contribution in [3.05, 3.63) is 77.2 Å². The lowest BCUT2D eigenvalue weighted by atomic mass is 10.0. The maximum absolute atomic E-state index is 12.2. The van der Waals surface area contributed by atoms with Crippen molar-refractivity contribution in [3.8, 4) is 34.0 Å². The fourth-order valence-corrected chi connectivity index (χ4v) is 3.02. The van der Waals surface area contributed by atoms with Crippen LogP contribution in [0.25, 0.3) is 27.9 Å². The molecule has 7 nitrogen and oxygen atoms in total. The normalized spacial score (nSPS) is 10.7. The van der Waals surface area contributed by atoms with Crippen LogP contribution in [0.3, 0.4) is 0 Å². The average Bonchev–Trinajstić information content (AvgIpc) is 3.33. The molecule has 0 spiro atoms. The van der Waals surface area contributed by atoms with Crippen molar-refractivity contribution < 1.29 is 0 Å². The predicted octanol–water partition coefficient (Wildman–Crippen LogP) is 2.51. The van der Waals surface area contributed by atoms with E-state index in [1.54, 1.807) is 47.1 Å². The molecular weight excluding hydrogens is 340 g/mol. The van der Waals surface area contributed by atoms with Gasteiger partial charge in [0.1, 0.15) is 6.07 Å². The fourth-order valence-electron chi connectivity index (χ4n) is 3.02. The van der Waals surface area contributed by atoms with E-state index < -0.39 is 0 Å². The van der Waals surface area contributed by atoms with Gasteiger partial charge < -0.3 is 4.57 Å². The summed E-state index contributed by atoms with van der Waals surface area (Å²) in [6, 6.07) is 11.1. The van der Waals surface area contributed by atoms with Crippen molar-refractivity contribution in [3.63, 3.8) is 0 Å². The molecule has 0 saturated carbocycles. The van der Waals surface area contributed by atoms with E-state index in [4.69, 9.17) is 0 Å². The van der Waals surface area contributed by atoms with E-state index in [-0.39, 0.29) is 5.56 Å². The zero-order valence-corrected chi connectivity index (χ0v) is 14.9. The molecule has 4 aromatic rings. The Kier molecular flexibility index (Phi) is 3.94. The SMILES string of the molecule is Cn1cc(-c2cc(=O)n(C)cc2-c2cnn(-c3ccccc3C#N)c2)cn1. The van der Waals surface area contributed by atoms with E-state index in [1.807, 2.05) is 37.6 Å². The van der Waals surface area contributed by atoms with E-state index in [0.717, 1.165) is 22.3 Å². The van der Waals surface area contributed by atoms with Gasteiger partial charge in [0.2, 0.25) is 0 Å². The van der Waals surface area contributed by atoms with E-state index in [2.05, 4.69) is 16.3 Å². The van der Waals surface area contributed by atoms with Crippen LogP contribution in [-0.4, -0.2) is 24.1 Å². The molecule has 0 atom stereocenters. The Morgan fingerprint density at radius 2 is 1.70 bits per heavy atom. The fraction of sp³-hybridized carbons (Fsp3) is 0.100. The number of nitriles is 1. The summed E-state index contributed by atoms with van der Waals surface area (Å²) in [6.07, 6.45) is 8.98. The van der Waals surface area contributed by atoms with E-state index in [9.17, 15) is 10.1 Å². The lowest BCUT2D eigenvalue weighted by Gasteiger charge is -2.08. The number of aryl methyl sites for hydroxylation is 2. The molecule has 0 amide bonds. The van der Waals surface area contributed by atoms with Crippen LogP contribution in [0.15, 0.2) is 66.1 Å². The molecule has 0 saturated heterocycles. The highest BCUT2D eigenvalue weighted by atomic mass is 16.1. The topological polar surface area (TPSA) is 81.4 Å². The molecule has 0 aliphatic rings. The summed E-state index contributed by atoms with van der Waals surface area (Å²) in [4.78, 5) is 12.2. The molecule has 0 N–H and O–H groups in total. The lowest BCUT2D eigenvalue weighted by Crippen LogP contribution is -2.15. The number of pyridine rings is 1. The largest absolute Gasteiger partial charge is 0.318 e. The molecular formula is C20H16N6O. The van der Waals surface area contributed by atoms with Gasteiger partial charge in [0, 0.05) is 55.4 Å². The molecule has 1 aromatic carbocycles. The molecule has 132 valence electrons. The first-order valence-corrected chi connectivity index (χ1v) is 8.31. The summed E-state index contributed by atoms with van der Waals surface area (Å²) < 4.78 is 4.91. The summed E-state index contributed by atoms with van der Waals surface area (Å²) in [5, 5.41) is 18.0. The van der Waals surface area contributed by atoms with Crippen LogP contribution in [0.4, 0.5) is 0 Å². The number of para-hydroxylation sites is 1. The Morgan fingerprint density at radius 3 is 2.44 bits per heavy atom. The van der Waals surface area contributed by atoms with E-state index in [0.29, 0.717) is 11.3 Å². The zero-order valence-electron chi connectivity index (χ0n) is 14.9. The van der Waals surface area contributed by atoms with Crippen LogP contribution in [0.2, 0.25) is 0 Å². The van der Waals surface area contributed by atoms with Crippen LogP contribution in [-0.2, 0) is 14.1 Å². The van der Waals surface area contributed by atoms with E-state index in [1.165, 1.54) is 4.57 Å². The van der Waals surface area contributed by atoms with Gasteiger partial charge in [0.05, 0.1) is 23.6 Å². The van der Waals surface area contributed by atoms with Gasteiger partial charge in [-0.25, -0.2) is 4.68 Å². The summed E-state index contributed by atoms with van der Waals surface area (Å²) in [7, 11) is 3.55. The van der Waals surface area contributed by atoms with Gasteiger partial charge in [-0.2, -0.15) is 15.5 Å². The molecule has 0 unspecified atom stereocenters. The Labute approximate surface area is 155 Å². The van der Waals surface area contributed by atoms with Crippen molar-refractivity contribution in [2.75, 3.05) is 0 Å². The maximum Gasteiger partial charge on any atom is 0.250 e. The summed E-state index contributed by atoms with van der Waals surface area (Å²) >= 11 is 0. The third kappa shape index (κ3) is 2.93. The number of hydrogen-bond donors (Lipinski definition) is 0. The number of hydrogen-bond acceptors (Lipinski definition) is 4. The summed E-state index contributed by atoms with van der Waals surface area (Å²) in [5.74, 6) is 0. The number of nitrogens with zero attached hydrogens (tertiary/aromatic N) is 6. The summed E-state index contributed by atoms with van der Waals surface area (Å²) in [5.41, 5.74) is 4.51. The first-order valence-electron chi connectivity index (χ1n) is 8.31. The first kappa shape index (κ1) is 16.5. The van der Waals surface area contributed by atoms with E-state index >= 15 is 0 Å². The van der Waals surface area contributed by atoms with Crippen molar-refractivity contribution in [2.45, 2.75) is 0 Å². The zero-order chi connectivity index (χ0) is 19.0. The van der Waals surface area contributed by atoms with Gasteiger partial charge in [0.15, 0.2) is 0 Å². The third-order valence-corrected chi connectivity index (χ3v) is 4.41. The molecule has 3 aromatic heterocycles. The molecule has 27 heavy (non-hydrogen) atoms. The summed E-state index contributed by atoms with van der Waals surface area (Å²) in [6.45, 7) is 0. The molecule has 7 heteroatoms. The third-order valence-electron chi connectivity index (χ3n) is 4.41. The second-order valence-corrected chi connectivity index (χ2v) is 6.26. The molecule has 0 radical (unpaired) electrons. The molecule has 3 heterocycles. The minimum atomic E-state index is -0.0974. The standard InChI is InChI=1S/C20H16N6O/c1-24-13-18(17(7-20(24)27)15-9-22-25(2)11-15)16-10-23-26(12-16)19-6-4-3-5-14(19)8-21/h3-7,9-13H,1-2H3. The van der Waals surface area contributed by atoms with Crippen molar-refractivity contribution in [2.24, 2.45) is 14.1 Å². The van der Waals surface area contributed by atoms with Crippen molar-refractivity contribution >= 4 is 0 Å². The van der Waals surface area contributed by atoms with Crippen LogP contribution < -0.4 is 5.56 Å². The molecule has 0 fully saturated rings. The minimum Gasteiger partial charge on any atom is -0.318 e. The molecule has 0 aliphatic heterocycles. The average molecular weight is 356 g/mol. The first-order chi connectivity index (χ1) is 13.1. The smallest absolute Gasteiger partial charge is 0.250 e. The molecule has 0 bridgehead atoms. The second kappa shape index (κ2) is 6.42. The predicted molar refractivity (Wildman–Crippen MR) is 101 cm³/mol. The molecule has 4 rings (SSSR count). The Bertz CT molecular complexity index is 1240. The van der Waals surface area contributed by atoms with Gasteiger partial charge in [-0.3, -0.25) is 9.48 Å². The van der Waals surface area contributed by atoms with Gasteiger partial charge in [-0.1, -0.05) is 12.1 Å². The monoisotopic (exact) mass is 356 g/mol. The van der Waals surface area contributed by atoms with Gasteiger partial charge >= 0.3 is 0 Å². The van der Waals surface area contributed by atoms with Gasteiger partial charge in [0.25, 0.3) is 5.56 Å². The van der Waals surface area contributed by atoms with Crippen LogP contribution in [0.1, 0.15) is 5.56 Å². The number of rotatable bonds is 3. The molecule has 0 aliphatic carbocycles. The quantitative estimate of drug-likeness (QED) is 0.565. The second-order valence-electron chi connectivity index (χ2n) is 6.26. The number of benzene rings is 1. The van der Waals surface area contributed by atoms with Crippen LogP contribution >= 0.6 is 0 Å². The van der Waals surface area contributed by atoms with Gasteiger partial charge in [-0.05, 0) is 17.7 Å². The Balaban J connectivity index is 1.88. The van der Waals surface area contributed by atoms with Crippen molar-refractivity contribution in [1.29, 1.82) is 5.26 Å². The lowest BCUT2D eigenvalue weighted by molar-refractivity contribution is 0.768. The highest BCUT2D eigenvalue weighted by Gasteiger charge is 2.14. The highest BCUT2D eigenvalue weighted by Crippen LogP contribution is 2.31. The Morgan fingerprint density at radius 1 is 0.963 bits per heavy atom. The number of aromatic nitrogens is 5. The minimum absolute atomic E-state index is 0.0974. The Hall–Kier alpha value is -3.92. The van der Waals surface area contributed by atoms with Crippen molar-refractivity contribution in [1.82, 2.24) is 24.1 Å². The van der Waals surface area contributed by atoms with Crippen LogP contribution in [0.5, 0.6) is 0 Å². The maximum atomic E-state index is 12.2. The van der Waals surface area contributed by atoms with Gasteiger partial charge in [-0.15, -0.1) is 0 Å². The van der Waals surface area contributed by atoms with Crippen LogP contribution in [0, 0.1) is 11.3 Å².